The molecule has 3 aromatic rings. The molecular formula is C19H17FN4O3. The van der Waals surface area contributed by atoms with Crippen LogP contribution in [0.4, 0.5) is 4.39 Å². The molecule has 0 aliphatic carbocycles. The number of H-pyrrole nitrogens is 1. The smallest absolute Gasteiger partial charge is 0.275 e. The predicted molar refractivity (Wildman–Crippen MR) is 94.2 cm³/mol. The Balaban J connectivity index is 1.63. The molecule has 1 fully saturated rings. The lowest BCUT2D eigenvalue weighted by Gasteiger charge is -2.34. The van der Waals surface area contributed by atoms with E-state index in [1.165, 1.54) is 29.2 Å². The Hall–Kier alpha value is -3.42. The molecule has 4 rings (SSSR count). The number of aromatic nitrogens is 2. The van der Waals surface area contributed by atoms with Crippen LogP contribution in [0.5, 0.6) is 0 Å². The molecule has 1 aliphatic heterocycles. The summed E-state index contributed by atoms with van der Waals surface area (Å²) in [4.78, 5) is 26.9. The van der Waals surface area contributed by atoms with Crippen molar-refractivity contribution in [3.8, 4) is 11.5 Å². The van der Waals surface area contributed by atoms with Gasteiger partial charge in [-0.25, -0.2) is 4.39 Å². The molecule has 1 saturated heterocycles. The quantitative estimate of drug-likeness (QED) is 0.743. The summed E-state index contributed by atoms with van der Waals surface area (Å²) in [5.41, 5.74) is 1.30. The molecule has 27 heavy (non-hydrogen) atoms. The second-order valence-corrected chi connectivity index (χ2v) is 6.32. The first-order valence-corrected chi connectivity index (χ1v) is 8.49. The Morgan fingerprint density at radius 1 is 1.26 bits per heavy atom. The highest BCUT2D eigenvalue weighted by Crippen LogP contribution is 2.26. The minimum atomic E-state index is -0.835. The van der Waals surface area contributed by atoms with Crippen LogP contribution in [0.2, 0.25) is 0 Å². The summed E-state index contributed by atoms with van der Waals surface area (Å²) < 4.78 is 18.8. The molecule has 8 heteroatoms. The fourth-order valence-corrected chi connectivity index (χ4v) is 3.15. The van der Waals surface area contributed by atoms with Crippen molar-refractivity contribution in [1.82, 2.24) is 20.4 Å². The van der Waals surface area contributed by atoms with Gasteiger partial charge in [0.15, 0.2) is 11.5 Å². The Morgan fingerprint density at radius 3 is 2.74 bits per heavy atom. The predicted octanol–water partition coefficient (Wildman–Crippen LogP) is 2.43. The number of halogens is 1. The molecule has 1 atom stereocenters. The molecule has 1 aromatic carbocycles. The molecule has 0 unspecified atom stereocenters. The lowest BCUT2D eigenvalue weighted by Crippen LogP contribution is -2.52. The van der Waals surface area contributed by atoms with Gasteiger partial charge in [-0.2, -0.15) is 5.10 Å². The van der Waals surface area contributed by atoms with Gasteiger partial charge in [0.2, 0.25) is 5.91 Å². The van der Waals surface area contributed by atoms with Gasteiger partial charge in [-0.05, 0) is 36.8 Å². The minimum absolute atomic E-state index is 0.181. The second kappa shape index (κ2) is 6.71. The van der Waals surface area contributed by atoms with Crippen molar-refractivity contribution in [2.45, 2.75) is 13.0 Å². The van der Waals surface area contributed by atoms with Gasteiger partial charge in [0, 0.05) is 19.2 Å². The van der Waals surface area contributed by atoms with Gasteiger partial charge >= 0.3 is 0 Å². The standard InChI is InChI=1S/C19H17FN4O3/c1-11-2-7-16(27-11)14-10-15(23-22-14)19(26)24-9-8-21-18(25)17(24)12-3-5-13(20)6-4-12/h2-7,10,17H,8-9H2,1H3,(H,21,25)(H,22,23)/t17-/m1/s1. The summed E-state index contributed by atoms with van der Waals surface area (Å²) in [5, 5.41) is 9.61. The van der Waals surface area contributed by atoms with Crippen molar-refractivity contribution in [2.24, 2.45) is 0 Å². The molecule has 1 aliphatic rings. The van der Waals surface area contributed by atoms with E-state index in [4.69, 9.17) is 4.42 Å². The van der Waals surface area contributed by atoms with Crippen LogP contribution in [0.3, 0.4) is 0 Å². The highest BCUT2D eigenvalue weighted by molar-refractivity contribution is 5.97. The van der Waals surface area contributed by atoms with Crippen LogP contribution in [0.25, 0.3) is 11.5 Å². The molecule has 2 amide bonds. The summed E-state index contributed by atoms with van der Waals surface area (Å²) in [6, 6.07) is 9.91. The number of hydrogen-bond acceptors (Lipinski definition) is 4. The number of aromatic amines is 1. The van der Waals surface area contributed by atoms with Crippen molar-refractivity contribution < 1.29 is 18.4 Å². The van der Waals surface area contributed by atoms with Crippen molar-refractivity contribution in [2.75, 3.05) is 13.1 Å². The summed E-state index contributed by atoms with van der Waals surface area (Å²) in [6.45, 7) is 2.50. The average molecular weight is 368 g/mol. The van der Waals surface area contributed by atoms with Crippen LogP contribution in [-0.4, -0.2) is 40.0 Å². The van der Waals surface area contributed by atoms with E-state index >= 15 is 0 Å². The number of piperazine rings is 1. The number of amides is 2. The summed E-state index contributed by atoms with van der Waals surface area (Å²) >= 11 is 0. The Morgan fingerprint density at radius 2 is 2.04 bits per heavy atom. The van der Waals surface area contributed by atoms with E-state index in [1.54, 1.807) is 12.1 Å². The van der Waals surface area contributed by atoms with Crippen molar-refractivity contribution >= 4 is 11.8 Å². The zero-order valence-corrected chi connectivity index (χ0v) is 14.5. The Kier molecular flexibility index (Phi) is 4.23. The minimum Gasteiger partial charge on any atom is -0.460 e. The van der Waals surface area contributed by atoms with Crippen molar-refractivity contribution in [3.05, 3.63) is 65.3 Å². The first-order chi connectivity index (χ1) is 13.0. The number of carbonyl (C=O) groups is 2. The normalized spacial score (nSPS) is 17.0. The zero-order chi connectivity index (χ0) is 19.0. The van der Waals surface area contributed by atoms with E-state index in [-0.39, 0.29) is 17.5 Å². The van der Waals surface area contributed by atoms with Crippen LogP contribution in [0.1, 0.15) is 27.9 Å². The number of carbonyl (C=O) groups excluding carboxylic acids is 2. The lowest BCUT2D eigenvalue weighted by molar-refractivity contribution is -0.128. The molecule has 0 radical (unpaired) electrons. The number of rotatable bonds is 3. The highest BCUT2D eigenvalue weighted by Gasteiger charge is 2.35. The van der Waals surface area contributed by atoms with Crippen LogP contribution in [-0.2, 0) is 4.79 Å². The zero-order valence-electron chi connectivity index (χ0n) is 14.5. The van der Waals surface area contributed by atoms with E-state index in [0.29, 0.717) is 30.1 Å². The molecular weight excluding hydrogens is 351 g/mol. The maximum Gasteiger partial charge on any atom is 0.275 e. The Bertz CT molecular complexity index is 993. The monoisotopic (exact) mass is 368 g/mol. The molecule has 3 heterocycles. The van der Waals surface area contributed by atoms with Gasteiger partial charge in [0.1, 0.15) is 23.3 Å². The van der Waals surface area contributed by atoms with Gasteiger partial charge < -0.3 is 14.6 Å². The number of nitrogens with zero attached hydrogens (tertiary/aromatic N) is 2. The molecule has 138 valence electrons. The topological polar surface area (TPSA) is 91.2 Å². The largest absolute Gasteiger partial charge is 0.460 e. The van der Waals surface area contributed by atoms with Gasteiger partial charge in [-0.3, -0.25) is 14.7 Å². The third-order valence-corrected chi connectivity index (χ3v) is 4.46. The molecule has 2 aromatic heterocycles. The SMILES string of the molecule is Cc1ccc(-c2cc(C(=O)N3CCNC(=O)[C@H]3c3ccc(F)cc3)n[nH]2)o1. The van der Waals surface area contributed by atoms with Crippen LogP contribution >= 0.6 is 0 Å². The second-order valence-electron chi connectivity index (χ2n) is 6.32. The number of nitrogens with one attached hydrogen (secondary N) is 2. The number of benzene rings is 1. The van der Waals surface area contributed by atoms with Crippen molar-refractivity contribution in [1.29, 1.82) is 0 Å². The summed E-state index contributed by atoms with van der Waals surface area (Å²) in [7, 11) is 0. The van der Waals surface area contributed by atoms with Crippen LogP contribution in [0.15, 0.2) is 46.9 Å². The molecule has 0 saturated carbocycles. The van der Waals surface area contributed by atoms with E-state index in [0.717, 1.165) is 5.76 Å². The van der Waals surface area contributed by atoms with E-state index in [1.807, 2.05) is 13.0 Å². The fourth-order valence-electron chi connectivity index (χ4n) is 3.15. The van der Waals surface area contributed by atoms with Crippen LogP contribution < -0.4 is 5.32 Å². The number of furan rings is 1. The van der Waals surface area contributed by atoms with Gasteiger partial charge in [0.25, 0.3) is 5.91 Å². The van der Waals surface area contributed by atoms with Crippen molar-refractivity contribution in [3.63, 3.8) is 0 Å². The lowest BCUT2D eigenvalue weighted by atomic mass is 10.0. The average Bonchev–Trinajstić information content (AvgIpc) is 3.31. The fraction of sp³-hybridized carbons (Fsp3) is 0.211. The van der Waals surface area contributed by atoms with E-state index < -0.39 is 11.9 Å². The van der Waals surface area contributed by atoms with Gasteiger partial charge in [-0.1, -0.05) is 12.1 Å². The van der Waals surface area contributed by atoms with Gasteiger partial charge in [0.05, 0.1) is 0 Å². The highest BCUT2D eigenvalue weighted by atomic mass is 19.1. The van der Waals surface area contributed by atoms with Gasteiger partial charge in [-0.15, -0.1) is 0 Å². The van der Waals surface area contributed by atoms with E-state index in [2.05, 4.69) is 15.5 Å². The molecule has 7 nitrogen and oxygen atoms in total. The molecule has 0 bridgehead atoms. The number of aryl methyl sites for hydroxylation is 1. The maximum absolute atomic E-state index is 13.2. The Labute approximate surface area is 154 Å². The third kappa shape index (κ3) is 3.21. The maximum atomic E-state index is 13.2. The summed E-state index contributed by atoms with van der Waals surface area (Å²) in [6.07, 6.45) is 0. The van der Waals surface area contributed by atoms with E-state index in [9.17, 15) is 14.0 Å². The first kappa shape index (κ1) is 17.0. The molecule has 0 spiro atoms. The summed E-state index contributed by atoms with van der Waals surface area (Å²) in [5.74, 6) is 0.226. The number of hydrogen-bond donors (Lipinski definition) is 2. The van der Waals surface area contributed by atoms with Crippen LogP contribution in [0, 0.1) is 12.7 Å². The molecule has 2 N–H and O–H groups in total. The first-order valence-electron chi connectivity index (χ1n) is 8.49. The third-order valence-electron chi connectivity index (χ3n) is 4.46.